The SMILES string of the molecule is CCOC(=O)CN1C[C@@H](c2cc3c(cc2F)OCC3)CC1=O. The molecule has 2 heterocycles. The molecule has 1 fully saturated rings. The Kier molecular flexibility index (Phi) is 4.00. The van der Waals surface area contributed by atoms with Crippen LogP contribution in [-0.2, 0) is 20.7 Å². The van der Waals surface area contributed by atoms with Crippen LogP contribution in [0.15, 0.2) is 12.1 Å². The van der Waals surface area contributed by atoms with Crippen LogP contribution in [0.5, 0.6) is 5.75 Å². The summed E-state index contributed by atoms with van der Waals surface area (Å²) in [6.07, 6.45) is 0.978. The smallest absolute Gasteiger partial charge is 0.325 e. The minimum atomic E-state index is -0.431. The van der Waals surface area contributed by atoms with Gasteiger partial charge < -0.3 is 14.4 Å². The molecule has 0 radical (unpaired) electrons. The Morgan fingerprint density at radius 2 is 2.32 bits per heavy atom. The van der Waals surface area contributed by atoms with Gasteiger partial charge in [0.25, 0.3) is 0 Å². The number of rotatable bonds is 4. The molecular formula is C16H18FNO4. The highest BCUT2D eigenvalue weighted by Crippen LogP contribution is 2.35. The Bertz CT molecular complexity index is 616. The summed E-state index contributed by atoms with van der Waals surface area (Å²) in [5, 5.41) is 0. The maximum absolute atomic E-state index is 14.2. The van der Waals surface area contributed by atoms with Crippen molar-refractivity contribution in [1.29, 1.82) is 0 Å². The van der Waals surface area contributed by atoms with E-state index < -0.39 is 5.97 Å². The van der Waals surface area contributed by atoms with Crippen LogP contribution in [0.1, 0.15) is 30.4 Å². The first-order valence-corrected chi connectivity index (χ1v) is 7.47. The fraction of sp³-hybridized carbons (Fsp3) is 0.500. The molecule has 2 aliphatic heterocycles. The van der Waals surface area contributed by atoms with Gasteiger partial charge >= 0.3 is 5.97 Å². The summed E-state index contributed by atoms with van der Waals surface area (Å²) in [4.78, 5) is 25.0. The second-order valence-electron chi connectivity index (χ2n) is 5.56. The average molecular weight is 307 g/mol. The van der Waals surface area contributed by atoms with E-state index in [-0.39, 0.29) is 37.2 Å². The van der Waals surface area contributed by atoms with E-state index in [0.717, 1.165) is 12.0 Å². The van der Waals surface area contributed by atoms with Gasteiger partial charge in [-0.3, -0.25) is 9.59 Å². The molecule has 118 valence electrons. The van der Waals surface area contributed by atoms with Crippen LogP contribution < -0.4 is 4.74 Å². The Balaban J connectivity index is 1.74. The summed E-state index contributed by atoms with van der Waals surface area (Å²) in [5.74, 6) is -0.563. The van der Waals surface area contributed by atoms with Gasteiger partial charge in [-0.25, -0.2) is 4.39 Å². The van der Waals surface area contributed by atoms with Gasteiger partial charge in [-0.2, -0.15) is 0 Å². The summed E-state index contributed by atoms with van der Waals surface area (Å²) in [7, 11) is 0. The van der Waals surface area contributed by atoms with Crippen molar-refractivity contribution in [2.24, 2.45) is 0 Å². The third-order valence-corrected chi connectivity index (χ3v) is 4.09. The third-order valence-electron chi connectivity index (χ3n) is 4.09. The maximum atomic E-state index is 14.2. The number of hydrogen-bond donors (Lipinski definition) is 0. The van der Waals surface area contributed by atoms with E-state index in [1.165, 1.54) is 11.0 Å². The largest absolute Gasteiger partial charge is 0.493 e. The lowest BCUT2D eigenvalue weighted by Crippen LogP contribution is -2.32. The molecule has 0 aromatic heterocycles. The molecule has 0 bridgehead atoms. The van der Waals surface area contributed by atoms with Crippen molar-refractivity contribution in [2.45, 2.75) is 25.7 Å². The normalized spacial score (nSPS) is 20.0. The van der Waals surface area contributed by atoms with Crippen LogP contribution in [0, 0.1) is 5.82 Å². The van der Waals surface area contributed by atoms with Crippen LogP contribution >= 0.6 is 0 Å². The van der Waals surface area contributed by atoms with Crippen molar-refractivity contribution in [2.75, 3.05) is 26.3 Å². The van der Waals surface area contributed by atoms with Crippen LogP contribution in [0.25, 0.3) is 0 Å². The number of ether oxygens (including phenoxy) is 2. The van der Waals surface area contributed by atoms with E-state index in [1.54, 1.807) is 13.0 Å². The predicted molar refractivity (Wildman–Crippen MR) is 76.2 cm³/mol. The first-order valence-electron chi connectivity index (χ1n) is 7.47. The standard InChI is InChI=1S/C16H18FNO4/c1-2-21-16(20)9-18-8-11(6-15(18)19)12-5-10-3-4-22-14(10)7-13(12)17/h5,7,11H,2-4,6,8-9H2,1H3/t11-/m0/s1. The summed E-state index contributed by atoms with van der Waals surface area (Å²) >= 11 is 0. The Hall–Kier alpha value is -2.11. The number of esters is 1. The number of amides is 1. The van der Waals surface area contributed by atoms with Gasteiger partial charge in [-0.1, -0.05) is 0 Å². The molecule has 0 unspecified atom stereocenters. The molecule has 1 saturated heterocycles. The molecule has 1 aromatic rings. The first kappa shape index (κ1) is 14.8. The third kappa shape index (κ3) is 2.77. The predicted octanol–water partition coefficient (Wildman–Crippen LogP) is 1.64. The summed E-state index contributed by atoms with van der Waals surface area (Å²) < 4.78 is 24.4. The number of carbonyl (C=O) groups is 2. The molecule has 3 rings (SSSR count). The zero-order valence-electron chi connectivity index (χ0n) is 12.4. The minimum absolute atomic E-state index is 0.0706. The molecule has 0 N–H and O–H groups in total. The van der Waals surface area contributed by atoms with E-state index in [2.05, 4.69) is 0 Å². The molecule has 0 saturated carbocycles. The van der Waals surface area contributed by atoms with Crippen molar-refractivity contribution in [3.8, 4) is 5.75 Å². The number of carbonyl (C=O) groups excluding carboxylic acids is 2. The summed E-state index contributed by atoms with van der Waals surface area (Å²) in [5.41, 5.74) is 1.51. The first-order chi connectivity index (χ1) is 10.6. The topological polar surface area (TPSA) is 55.8 Å². The van der Waals surface area contributed by atoms with E-state index in [4.69, 9.17) is 9.47 Å². The van der Waals surface area contributed by atoms with E-state index in [9.17, 15) is 14.0 Å². The van der Waals surface area contributed by atoms with Gasteiger partial charge in [-0.05, 0) is 24.1 Å². The van der Waals surface area contributed by atoms with Crippen molar-refractivity contribution < 1.29 is 23.5 Å². The zero-order valence-corrected chi connectivity index (χ0v) is 12.4. The van der Waals surface area contributed by atoms with Crippen molar-refractivity contribution in [1.82, 2.24) is 4.90 Å². The molecule has 22 heavy (non-hydrogen) atoms. The van der Waals surface area contributed by atoms with E-state index in [0.29, 0.717) is 24.5 Å². The maximum Gasteiger partial charge on any atom is 0.325 e. The van der Waals surface area contributed by atoms with E-state index >= 15 is 0 Å². The molecule has 5 nitrogen and oxygen atoms in total. The van der Waals surface area contributed by atoms with Gasteiger partial charge in [0.2, 0.25) is 5.91 Å². The summed E-state index contributed by atoms with van der Waals surface area (Å²) in [6.45, 7) is 2.84. The Morgan fingerprint density at radius 1 is 1.50 bits per heavy atom. The number of fused-ring (bicyclic) bond motifs is 1. The van der Waals surface area contributed by atoms with Gasteiger partial charge in [0.1, 0.15) is 18.1 Å². The summed E-state index contributed by atoms with van der Waals surface area (Å²) in [6, 6.07) is 3.19. The number of likely N-dealkylation sites (tertiary alicyclic amines) is 1. The lowest BCUT2D eigenvalue weighted by molar-refractivity contribution is -0.147. The van der Waals surface area contributed by atoms with Gasteiger partial charge in [-0.15, -0.1) is 0 Å². The lowest BCUT2D eigenvalue weighted by Gasteiger charge is -2.16. The Morgan fingerprint density at radius 3 is 3.09 bits per heavy atom. The highest BCUT2D eigenvalue weighted by molar-refractivity contribution is 5.84. The van der Waals surface area contributed by atoms with Gasteiger partial charge in [0.05, 0.1) is 13.2 Å². The monoisotopic (exact) mass is 307 g/mol. The molecular weight excluding hydrogens is 289 g/mol. The molecule has 1 aromatic carbocycles. The second-order valence-corrected chi connectivity index (χ2v) is 5.56. The molecule has 0 aliphatic carbocycles. The Labute approximate surface area is 128 Å². The highest BCUT2D eigenvalue weighted by atomic mass is 19.1. The van der Waals surface area contributed by atoms with Crippen molar-refractivity contribution >= 4 is 11.9 Å². The second kappa shape index (κ2) is 5.94. The van der Waals surface area contributed by atoms with Crippen LogP contribution in [0.3, 0.4) is 0 Å². The molecule has 0 spiro atoms. The highest BCUT2D eigenvalue weighted by Gasteiger charge is 2.34. The van der Waals surface area contributed by atoms with Crippen molar-refractivity contribution in [3.63, 3.8) is 0 Å². The molecule has 2 aliphatic rings. The minimum Gasteiger partial charge on any atom is -0.493 e. The quantitative estimate of drug-likeness (QED) is 0.794. The van der Waals surface area contributed by atoms with Gasteiger partial charge in [0.15, 0.2) is 0 Å². The zero-order chi connectivity index (χ0) is 15.7. The van der Waals surface area contributed by atoms with Crippen molar-refractivity contribution in [3.05, 3.63) is 29.1 Å². The average Bonchev–Trinajstić information content (AvgIpc) is 3.05. The molecule has 6 heteroatoms. The fourth-order valence-electron chi connectivity index (χ4n) is 3.03. The lowest BCUT2D eigenvalue weighted by atomic mass is 9.95. The van der Waals surface area contributed by atoms with Crippen LogP contribution in [-0.4, -0.2) is 43.1 Å². The van der Waals surface area contributed by atoms with E-state index in [1.807, 2.05) is 0 Å². The fourth-order valence-corrected chi connectivity index (χ4v) is 3.03. The van der Waals surface area contributed by atoms with Crippen LogP contribution in [0.4, 0.5) is 4.39 Å². The number of nitrogens with zero attached hydrogens (tertiary/aromatic N) is 1. The molecule has 1 amide bonds. The number of hydrogen-bond acceptors (Lipinski definition) is 4. The van der Waals surface area contributed by atoms with Gasteiger partial charge in [0, 0.05) is 31.4 Å². The number of benzene rings is 1. The number of halogens is 1. The molecule has 1 atom stereocenters. The van der Waals surface area contributed by atoms with Crippen LogP contribution in [0.2, 0.25) is 0 Å².